The van der Waals surface area contributed by atoms with E-state index >= 15 is 0 Å². The Morgan fingerprint density at radius 3 is 1.20 bits per heavy atom. The van der Waals surface area contributed by atoms with Crippen LogP contribution in [0.1, 0.15) is 265 Å². The quantitative estimate of drug-likeness (QED) is 0.0228. The van der Waals surface area contributed by atoms with Crippen LogP contribution in [0.3, 0.4) is 0 Å². The Labute approximate surface area is 492 Å². The molecule has 1 fully saturated rings. The van der Waals surface area contributed by atoms with E-state index < -0.39 is 67.3 Å². The summed E-state index contributed by atoms with van der Waals surface area (Å²) in [6, 6.07) is 0. The predicted octanol–water partition coefficient (Wildman–Crippen LogP) is 17.2. The first-order valence-corrected chi connectivity index (χ1v) is 32.2. The molecule has 81 heavy (non-hydrogen) atoms. The van der Waals surface area contributed by atoms with E-state index in [2.05, 4.69) is 118 Å². The van der Waals surface area contributed by atoms with Crippen molar-refractivity contribution in [3.63, 3.8) is 0 Å². The highest BCUT2D eigenvalue weighted by Gasteiger charge is 2.50. The van der Waals surface area contributed by atoms with Crippen molar-refractivity contribution in [3.05, 3.63) is 97.2 Å². The number of hydrogen-bond donors (Lipinski definition) is 3. The third-order valence-corrected chi connectivity index (χ3v) is 14.1. The second-order valence-corrected chi connectivity index (χ2v) is 21.7. The van der Waals surface area contributed by atoms with E-state index in [1.165, 1.54) is 77.0 Å². The molecule has 1 rings (SSSR count). The van der Waals surface area contributed by atoms with Crippen molar-refractivity contribution in [3.8, 4) is 0 Å². The minimum atomic E-state index is -1.92. The molecule has 1 aliphatic rings. The van der Waals surface area contributed by atoms with Gasteiger partial charge in [-0.2, -0.15) is 0 Å². The number of allylic oxidation sites excluding steroid dienone is 16. The van der Waals surface area contributed by atoms with Crippen molar-refractivity contribution in [1.82, 2.24) is 0 Å². The number of carboxylic acids is 1. The molecular weight excluding hydrogens is 1020 g/mol. The summed E-state index contributed by atoms with van der Waals surface area (Å²) in [5, 5.41) is 31.6. The van der Waals surface area contributed by atoms with Crippen LogP contribution in [0.25, 0.3) is 0 Å². The van der Waals surface area contributed by atoms with Crippen LogP contribution in [0, 0.1) is 0 Å². The molecule has 12 heteroatoms. The zero-order valence-electron chi connectivity index (χ0n) is 51.0. The number of rotatable bonds is 54. The number of unbranched alkanes of at least 4 members (excludes halogenated alkanes) is 24. The first kappa shape index (κ1) is 74.7. The Hall–Kier alpha value is -4.36. The Morgan fingerprint density at radius 1 is 0.420 bits per heavy atom. The van der Waals surface area contributed by atoms with E-state index in [4.69, 9.17) is 23.7 Å². The third-order valence-electron chi connectivity index (χ3n) is 14.1. The summed E-state index contributed by atoms with van der Waals surface area (Å²) in [5.74, 6) is -3.18. The van der Waals surface area contributed by atoms with E-state index in [-0.39, 0.29) is 25.9 Å². The maximum absolute atomic E-state index is 13.2. The summed E-state index contributed by atoms with van der Waals surface area (Å²) < 4.78 is 28.5. The first-order valence-electron chi connectivity index (χ1n) is 32.2. The predicted molar refractivity (Wildman–Crippen MR) is 331 cm³/mol. The van der Waals surface area contributed by atoms with Gasteiger partial charge in [-0.15, -0.1) is 0 Å². The number of aliphatic hydroxyl groups is 2. The van der Waals surface area contributed by atoms with Gasteiger partial charge in [0.2, 0.25) is 0 Å². The molecule has 0 aromatic heterocycles. The van der Waals surface area contributed by atoms with Gasteiger partial charge in [0.05, 0.1) is 6.61 Å². The molecule has 0 aromatic carbocycles. The van der Waals surface area contributed by atoms with E-state index in [1.54, 1.807) is 0 Å². The van der Waals surface area contributed by atoms with Gasteiger partial charge in [-0.25, -0.2) is 4.79 Å². The molecule has 0 bridgehead atoms. The lowest BCUT2D eigenvalue weighted by atomic mass is 9.98. The number of hydrogen-bond acceptors (Lipinski definition) is 11. The molecule has 6 atom stereocenters. The number of carboxylic acid groups (broad SMARTS) is 1. The number of esters is 3. The summed E-state index contributed by atoms with van der Waals surface area (Å²) in [6.45, 7) is 5.81. The van der Waals surface area contributed by atoms with Gasteiger partial charge in [0.25, 0.3) is 0 Å². The van der Waals surface area contributed by atoms with Crippen molar-refractivity contribution >= 4 is 23.9 Å². The lowest BCUT2D eigenvalue weighted by molar-refractivity contribution is -0.301. The average Bonchev–Trinajstić information content (AvgIpc) is 3.54. The van der Waals surface area contributed by atoms with E-state index in [1.807, 2.05) is 0 Å². The first-order chi connectivity index (χ1) is 39.6. The normalized spacial score (nSPS) is 18.4. The fourth-order valence-electron chi connectivity index (χ4n) is 9.18. The average molecular weight is 1140 g/mol. The van der Waals surface area contributed by atoms with Crippen molar-refractivity contribution < 1.29 is 58.2 Å². The van der Waals surface area contributed by atoms with Crippen molar-refractivity contribution in [2.24, 2.45) is 0 Å². The van der Waals surface area contributed by atoms with Crippen LogP contribution in [-0.4, -0.2) is 89.2 Å². The summed E-state index contributed by atoms with van der Waals surface area (Å²) >= 11 is 0. The number of aliphatic carboxylic acids is 1. The molecular formula is C69H114O12. The van der Waals surface area contributed by atoms with Crippen LogP contribution in [-0.2, 0) is 42.9 Å². The van der Waals surface area contributed by atoms with Gasteiger partial charge in [0.1, 0.15) is 18.8 Å². The fraction of sp³-hybridized carbons (Fsp3) is 0.710. The second kappa shape index (κ2) is 56.1. The maximum atomic E-state index is 13.2. The molecule has 3 N–H and O–H groups in total. The Balaban J connectivity index is 2.66. The second-order valence-electron chi connectivity index (χ2n) is 21.7. The minimum absolute atomic E-state index is 0.0383. The van der Waals surface area contributed by atoms with Gasteiger partial charge in [-0.05, 0) is 122 Å². The Morgan fingerprint density at radius 2 is 0.778 bits per heavy atom. The molecule has 0 amide bonds. The van der Waals surface area contributed by atoms with Gasteiger partial charge in [0, 0.05) is 19.3 Å². The zero-order chi connectivity index (χ0) is 58.9. The molecule has 6 unspecified atom stereocenters. The van der Waals surface area contributed by atoms with Crippen LogP contribution in [0.2, 0.25) is 0 Å². The monoisotopic (exact) mass is 1130 g/mol. The highest BCUT2D eigenvalue weighted by atomic mass is 16.7. The van der Waals surface area contributed by atoms with Gasteiger partial charge >= 0.3 is 23.9 Å². The summed E-state index contributed by atoms with van der Waals surface area (Å²) in [6.07, 6.45) is 62.2. The number of ether oxygens (including phenoxy) is 5. The van der Waals surface area contributed by atoms with E-state index in [9.17, 15) is 34.5 Å². The van der Waals surface area contributed by atoms with Crippen LogP contribution in [0.5, 0.6) is 0 Å². The van der Waals surface area contributed by atoms with Crippen LogP contribution in [0.15, 0.2) is 97.2 Å². The third kappa shape index (κ3) is 45.8. The molecule has 0 aromatic rings. The summed E-state index contributed by atoms with van der Waals surface area (Å²) in [4.78, 5) is 51.3. The van der Waals surface area contributed by atoms with Crippen LogP contribution < -0.4 is 0 Å². The zero-order valence-corrected chi connectivity index (χ0v) is 51.0. The molecule has 1 aliphatic heterocycles. The van der Waals surface area contributed by atoms with E-state index in [0.717, 1.165) is 128 Å². The highest BCUT2D eigenvalue weighted by Crippen LogP contribution is 2.26. The van der Waals surface area contributed by atoms with Crippen molar-refractivity contribution in [2.75, 3.05) is 13.2 Å². The summed E-state index contributed by atoms with van der Waals surface area (Å²) in [5.41, 5.74) is 0. The highest BCUT2D eigenvalue weighted by molar-refractivity contribution is 5.74. The SMILES string of the molecule is CC/C=C\C/C=C\C/C=C\CCCCCC(=O)OC(COC(=O)CCCCCCCCCCC/C=C\C/C=C\CCCCC)COC1OC(C(=O)O)C(O)C(O)C1OC(=O)CCCCCCCC/C=C\C/C=C\C/C=C\CCCCC. The molecule has 12 nitrogen and oxygen atoms in total. The van der Waals surface area contributed by atoms with E-state index in [0.29, 0.717) is 19.3 Å². The molecule has 462 valence electrons. The minimum Gasteiger partial charge on any atom is -0.479 e. The number of carbonyl (C=O) groups excluding carboxylic acids is 3. The fourth-order valence-corrected chi connectivity index (χ4v) is 9.18. The molecule has 0 aliphatic carbocycles. The van der Waals surface area contributed by atoms with Gasteiger partial charge in [-0.3, -0.25) is 14.4 Å². The maximum Gasteiger partial charge on any atom is 0.335 e. The Kier molecular flexibility index (Phi) is 51.7. The standard InChI is InChI=1S/C69H114O12/c1-4-7-10-13-16-19-22-25-27-29-31-33-35-38-40-43-46-49-52-55-61(70)77-58-60(79-62(71)56-53-50-47-44-41-37-24-21-18-15-12-9-6-3)59-78-69-67(65(74)64(73)66(81-69)68(75)76)80-63(72)57-54-51-48-45-42-39-36-34-32-30-28-26-23-20-17-14-11-8-5-2/h9,12,16-21,25-28,32,34,37,41,60,64-67,69,73-74H,4-8,10-11,13-15,22-24,29-31,33,35-36,38-40,42-59H2,1-3H3,(H,75,76)/b12-9-,19-16-,20-17-,21-18-,27-25-,28-26-,34-32-,41-37-. The molecule has 1 saturated heterocycles. The smallest absolute Gasteiger partial charge is 0.335 e. The van der Waals surface area contributed by atoms with Crippen molar-refractivity contribution in [2.45, 2.75) is 302 Å². The molecule has 1 heterocycles. The van der Waals surface area contributed by atoms with Gasteiger partial charge in [-0.1, -0.05) is 221 Å². The lowest BCUT2D eigenvalue weighted by Crippen LogP contribution is -2.61. The molecule has 0 saturated carbocycles. The topological polar surface area (TPSA) is 175 Å². The largest absolute Gasteiger partial charge is 0.479 e. The Bertz CT molecular complexity index is 1780. The number of aliphatic hydroxyl groups excluding tert-OH is 2. The number of carbonyl (C=O) groups is 4. The van der Waals surface area contributed by atoms with Crippen LogP contribution in [0.4, 0.5) is 0 Å². The lowest BCUT2D eigenvalue weighted by Gasteiger charge is -2.40. The van der Waals surface area contributed by atoms with Crippen LogP contribution >= 0.6 is 0 Å². The van der Waals surface area contributed by atoms with Gasteiger partial charge in [0.15, 0.2) is 24.6 Å². The van der Waals surface area contributed by atoms with Crippen molar-refractivity contribution in [1.29, 1.82) is 0 Å². The van der Waals surface area contributed by atoms with Gasteiger partial charge < -0.3 is 39.0 Å². The summed E-state index contributed by atoms with van der Waals surface area (Å²) in [7, 11) is 0. The molecule has 0 spiro atoms. The molecule has 0 radical (unpaired) electrons.